The molecule has 0 fully saturated rings. The molecule has 1 aromatic rings. The van der Waals surface area contributed by atoms with Gasteiger partial charge in [0.15, 0.2) is 11.6 Å². The Kier molecular flexibility index (Phi) is 3.31. The van der Waals surface area contributed by atoms with Crippen LogP contribution in [0.4, 0.5) is 4.39 Å². The van der Waals surface area contributed by atoms with E-state index in [9.17, 15) is 4.39 Å². The average molecular weight is 182 g/mol. The fraction of sp³-hybridized carbons (Fsp3) is 0.200. The maximum atomic E-state index is 13.1. The third-order valence-corrected chi connectivity index (χ3v) is 1.57. The minimum absolute atomic E-state index is 0.245. The predicted molar refractivity (Wildman–Crippen MR) is 49.0 cm³/mol. The van der Waals surface area contributed by atoms with E-state index in [-0.39, 0.29) is 11.6 Å². The van der Waals surface area contributed by atoms with Crippen molar-refractivity contribution in [3.05, 3.63) is 35.8 Å². The number of ether oxygens (including phenoxy) is 2. The van der Waals surface area contributed by atoms with Gasteiger partial charge in [0.1, 0.15) is 0 Å². The smallest absolute Gasteiger partial charge is 0.165 e. The molecule has 2 nitrogen and oxygen atoms in total. The van der Waals surface area contributed by atoms with E-state index in [4.69, 9.17) is 9.47 Å². The molecule has 0 aliphatic rings. The molecule has 0 aliphatic heterocycles. The number of hydrogen-bond acceptors (Lipinski definition) is 2. The molecule has 0 unspecified atom stereocenters. The lowest BCUT2D eigenvalue weighted by Crippen LogP contribution is -1.87. The molecule has 3 heteroatoms. The van der Waals surface area contributed by atoms with E-state index in [0.717, 1.165) is 5.56 Å². The lowest BCUT2D eigenvalue weighted by atomic mass is 10.2. The first-order valence-electron chi connectivity index (χ1n) is 3.81. The molecule has 0 spiro atoms. The van der Waals surface area contributed by atoms with Crippen molar-refractivity contribution in [2.45, 2.75) is 0 Å². The van der Waals surface area contributed by atoms with Crippen LogP contribution in [0.2, 0.25) is 0 Å². The molecule has 13 heavy (non-hydrogen) atoms. The first-order valence-corrected chi connectivity index (χ1v) is 3.81. The van der Waals surface area contributed by atoms with E-state index in [0.29, 0.717) is 0 Å². The van der Waals surface area contributed by atoms with E-state index >= 15 is 0 Å². The van der Waals surface area contributed by atoms with Crippen LogP contribution in [0.1, 0.15) is 5.56 Å². The number of methoxy groups -OCH3 is 2. The Hall–Kier alpha value is -1.51. The molecule has 0 atom stereocenters. The highest BCUT2D eigenvalue weighted by molar-refractivity contribution is 5.50. The standard InChI is InChI=1S/C10H11FO2/c1-12-6-5-8-3-4-10(13-2)9(11)7-8/h3-7H,1-2H3/b6-5+. The second-order valence-electron chi connectivity index (χ2n) is 2.43. The summed E-state index contributed by atoms with van der Waals surface area (Å²) in [5, 5.41) is 0. The van der Waals surface area contributed by atoms with Gasteiger partial charge in [-0.15, -0.1) is 0 Å². The summed E-state index contributed by atoms with van der Waals surface area (Å²) in [6.45, 7) is 0. The van der Waals surface area contributed by atoms with Crippen molar-refractivity contribution in [3.8, 4) is 5.75 Å². The zero-order valence-electron chi connectivity index (χ0n) is 7.58. The molecule has 0 radical (unpaired) electrons. The van der Waals surface area contributed by atoms with Crippen LogP contribution < -0.4 is 4.74 Å². The molecule has 0 N–H and O–H groups in total. The zero-order valence-corrected chi connectivity index (χ0v) is 7.58. The van der Waals surface area contributed by atoms with Gasteiger partial charge in [-0.3, -0.25) is 0 Å². The first-order chi connectivity index (χ1) is 6.27. The summed E-state index contributed by atoms with van der Waals surface area (Å²) in [5.41, 5.74) is 0.736. The maximum absolute atomic E-state index is 13.1. The number of hydrogen-bond donors (Lipinski definition) is 0. The van der Waals surface area contributed by atoms with Gasteiger partial charge < -0.3 is 9.47 Å². The van der Waals surface area contributed by atoms with Crippen molar-refractivity contribution < 1.29 is 13.9 Å². The van der Waals surface area contributed by atoms with Gasteiger partial charge in [-0.05, 0) is 23.8 Å². The number of rotatable bonds is 3. The molecule has 0 aromatic heterocycles. The summed E-state index contributed by atoms with van der Waals surface area (Å²) in [7, 11) is 2.97. The Morgan fingerprint density at radius 1 is 1.31 bits per heavy atom. The van der Waals surface area contributed by atoms with Crippen molar-refractivity contribution >= 4 is 6.08 Å². The van der Waals surface area contributed by atoms with Crippen molar-refractivity contribution in [2.24, 2.45) is 0 Å². The molecule has 1 rings (SSSR count). The molecule has 0 bridgehead atoms. The van der Waals surface area contributed by atoms with Crippen molar-refractivity contribution in [1.82, 2.24) is 0 Å². The van der Waals surface area contributed by atoms with E-state index in [1.54, 1.807) is 18.2 Å². The summed E-state index contributed by atoms with van der Waals surface area (Å²) >= 11 is 0. The van der Waals surface area contributed by atoms with Gasteiger partial charge in [0.25, 0.3) is 0 Å². The SMILES string of the molecule is CO/C=C/c1ccc(OC)c(F)c1. The Labute approximate surface area is 76.6 Å². The Morgan fingerprint density at radius 2 is 2.08 bits per heavy atom. The molecule has 0 saturated heterocycles. The van der Waals surface area contributed by atoms with Crippen LogP contribution in [-0.2, 0) is 4.74 Å². The van der Waals surface area contributed by atoms with E-state index in [1.807, 2.05) is 0 Å². The second kappa shape index (κ2) is 4.50. The summed E-state index contributed by atoms with van der Waals surface area (Å²) in [6, 6.07) is 4.70. The first kappa shape index (κ1) is 9.58. The van der Waals surface area contributed by atoms with Crippen LogP contribution in [0.5, 0.6) is 5.75 Å². The Morgan fingerprint density at radius 3 is 2.62 bits per heavy atom. The highest BCUT2D eigenvalue weighted by Crippen LogP contribution is 2.18. The fourth-order valence-corrected chi connectivity index (χ4v) is 0.933. The topological polar surface area (TPSA) is 18.5 Å². The molecule has 0 saturated carbocycles. The quantitative estimate of drug-likeness (QED) is 0.668. The molecule has 70 valence electrons. The summed E-state index contributed by atoms with van der Waals surface area (Å²) in [5.74, 6) is -0.129. The summed E-state index contributed by atoms with van der Waals surface area (Å²) < 4.78 is 22.6. The highest BCUT2D eigenvalue weighted by Gasteiger charge is 2.00. The van der Waals surface area contributed by atoms with Gasteiger partial charge in [0.05, 0.1) is 20.5 Å². The van der Waals surface area contributed by atoms with Crippen LogP contribution in [0.3, 0.4) is 0 Å². The maximum Gasteiger partial charge on any atom is 0.165 e. The monoisotopic (exact) mass is 182 g/mol. The third kappa shape index (κ3) is 2.47. The van der Waals surface area contributed by atoms with E-state index in [2.05, 4.69) is 0 Å². The summed E-state index contributed by atoms with van der Waals surface area (Å²) in [4.78, 5) is 0. The molecular weight excluding hydrogens is 171 g/mol. The molecular formula is C10H11FO2. The Balaban J connectivity index is 2.89. The van der Waals surface area contributed by atoms with Crippen LogP contribution in [-0.4, -0.2) is 14.2 Å². The Bertz CT molecular complexity index is 308. The fourth-order valence-electron chi connectivity index (χ4n) is 0.933. The molecule has 0 amide bonds. The van der Waals surface area contributed by atoms with Crippen LogP contribution in [0.25, 0.3) is 6.08 Å². The minimum atomic E-state index is -0.374. The number of halogens is 1. The third-order valence-electron chi connectivity index (χ3n) is 1.57. The normalized spacial score (nSPS) is 10.4. The second-order valence-corrected chi connectivity index (χ2v) is 2.43. The van der Waals surface area contributed by atoms with Crippen molar-refractivity contribution in [2.75, 3.05) is 14.2 Å². The molecule has 0 heterocycles. The minimum Gasteiger partial charge on any atom is -0.504 e. The van der Waals surface area contributed by atoms with Gasteiger partial charge in [-0.1, -0.05) is 6.07 Å². The van der Waals surface area contributed by atoms with Gasteiger partial charge in [-0.2, -0.15) is 0 Å². The van der Waals surface area contributed by atoms with Gasteiger partial charge >= 0.3 is 0 Å². The van der Waals surface area contributed by atoms with Crippen LogP contribution >= 0.6 is 0 Å². The van der Waals surface area contributed by atoms with E-state index < -0.39 is 0 Å². The largest absolute Gasteiger partial charge is 0.504 e. The van der Waals surface area contributed by atoms with Gasteiger partial charge in [-0.25, -0.2) is 4.39 Å². The average Bonchev–Trinajstić information content (AvgIpc) is 2.15. The van der Waals surface area contributed by atoms with Crippen LogP contribution in [0.15, 0.2) is 24.5 Å². The van der Waals surface area contributed by atoms with Crippen molar-refractivity contribution in [3.63, 3.8) is 0 Å². The van der Waals surface area contributed by atoms with E-state index in [1.165, 1.54) is 26.5 Å². The predicted octanol–water partition coefficient (Wildman–Crippen LogP) is 2.45. The number of benzene rings is 1. The van der Waals surface area contributed by atoms with Gasteiger partial charge in [0.2, 0.25) is 0 Å². The molecule has 1 aromatic carbocycles. The lowest BCUT2D eigenvalue weighted by Gasteiger charge is -2.01. The van der Waals surface area contributed by atoms with Crippen molar-refractivity contribution in [1.29, 1.82) is 0 Å². The van der Waals surface area contributed by atoms with Gasteiger partial charge in [0, 0.05) is 0 Å². The van der Waals surface area contributed by atoms with Crippen LogP contribution in [0, 0.1) is 5.82 Å². The zero-order chi connectivity index (χ0) is 9.68. The lowest BCUT2D eigenvalue weighted by molar-refractivity contribution is 0.341. The summed E-state index contributed by atoms with van der Waals surface area (Å²) in [6.07, 6.45) is 3.16. The highest BCUT2D eigenvalue weighted by atomic mass is 19.1. The molecule has 0 aliphatic carbocycles.